The smallest absolute Gasteiger partial charge is 0.251 e. The number of carbonyl (C=O) groups excluding carboxylic acids is 1. The fraction of sp³-hybridized carbons (Fsp3) is 0.500. The second-order valence-electron chi connectivity index (χ2n) is 4.32. The van der Waals surface area contributed by atoms with Crippen LogP contribution in [0.3, 0.4) is 0 Å². The number of amides is 1. The number of methoxy groups -OCH3 is 1. The largest absolute Gasteiger partial charge is 0.493 e. The van der Waals surface area contributed by atoms with Gasteiger partial charge in [-0.2, -0.15) is 0 Å². The summed E-state index contributed by atoms with van der Waals surface area (Å²) in [5, 5.41) is 6.23. The van der Waals surface area contributed by atoms with Crippen molar-refractivity contribution in [2.24, 2.45) is 0 Å². The molecule has 1 aromatic rings. The summed E-state index contributed by atoms with van der Waals surface area (Å²) in [4.78, 5) is 12.1. The van der Waals surface area contributed by atoms with Crippen LogP contribution >= 0.6 is 24.0 Å². The molecule has 120 valence electrons. The molecule has 0 aliphatic rings. The Labute approximate surface area is 136 Å². The van der Waals surface area contributed by atoms with Crippen molar-refractivity contribution >= 4 is 29.9 Å². The summed E-state index contributed by atoms with van der Waals surface area (Å²) in [6.45, 7) is 4.84. The fourth-order valence-corrected chi connectivity index (χ4v) is 1.85. The maximum absolute atomic E-state index is 12.1. The first-order valence-electron chi connectivity index (χ1n) is 6.49. The van der Waals surface area contributed by atoms with Gasteiger partial charge in [0, 0.05) is 18.2 Å². The molecule has 1 aromatic carbocycles. The van der Waals surface area contributed by atoms with Crippen LogP contribution in [0.1, 0.15) is 24.2 Å². The van der Waals surface area contributed by atoms with Crippen molar-refractivity contribution in [1.82, 2.24) is 10.6 Å². The van der Waals surface area contributed by atoms with Crippen LogP contribution < -0.4 is 20.1 Å². The maximum Gasteiger partial charge on any atom is 0.251 e. The van der Waals surface area contributed by atoms with Crippen LogP contribution in [0.4, 0.5) is 0 Å². The summed E-state index contributed by atoms with van der Waals surface area (Å²) in [6.07, 6.45) is 0. The molecular weight excluding hydrogens is 315 g/mol. The minimum atomic E-state index is -0.199. The number of carbonyl (C=O) groups is 1. The molecule has 0 aliphatic carbocycles. The molecule has 0 bridgehead atoms. The van der Waals surface area contributed by atoms with Crippen molar-refractivity contribution in [3.63, 3.8) is 0 Å². The van der Waals surface area contributed by atoms with Gasteiger partial charge in [0.05, 0.1) is 18.7 Å². The van der Waals surface area contributed by atoms with Crippen LogP contribution in [0.15, 0.2) is 12.1 Å². The van der Waals surface area contributed by atoms with E-state index >= 15 is 0 Å². The fourth-order valence-electron chi connectivity index (χ4n) is 1.59. The lowest BCUT2D eigenvalue weighted by atomic mass is 10.1. The first kappa shape index (κ1) is 19.8. The van der Waals surface area contributed by atoms with Gasteiger partial charge in [-0.15, -0.1) is 12.4 Å². The van der Waals surface area contributed by atoms with Crippen molar-refractivity contribution < 1.29 is 14.3 Å². The Morgan fingerprint density at radius 2 is 2.10 bits per heavy atom. The Morgan fingerprint density at radius 1 is 1.43 bits per heavy atom. The minimum Gasteiger partial charge on any atom is -0.493 e. The van der Waals surface area contributed by atoms with E-state index in [1.54, 1.807) is 12.1 Å². The Balaban J connectivity index is 0.00000400. The van der Waals surface area contributed by atoms with E-state index in [1.165, 1.54) is 7.11 Å². The predicted molar refractivity (Wildman–Crippen MR) is 87.3 cm³/mol. The summed E-state index contributed by atoms with van der Waals surface area (Å²) in [5.74, 6) is 0.707. The highest BCUT2D eigenvalue weighted by Crippen LogP contribution is 2.36. The van der Waals surface area contributed by atoms with Gasteiger partial charge in [-0.05, 0) is 33.0 Å². The van der Waals surface area contributed by atoms with E-state index in [9.17, 15) is 4.79 Å². The van der Waals surface area contributed by atoms with Gasteiger partial charge in [-0.1, -0.05) is 11.6 Å². The van der Waals surface area contributed by atoms with Crippen LogP contribution in [0.25, 0.3) is 0 Å². The molecule has 1 amide bonds. The zero-order chi connectivity index (χ0) is 15.1. The van der Waals surface area contributed by atoms with Crippen LogP contribution in [-0.2, 0) is 0 Å². The van der Waals surface area contributed by atoms with Gasteiger partial charge < -0.3 is 20.1 Å². The molecule has 1 unspecified atom stereocenters. The van der Waals surface area contributed by atoms with Crippen molar-refractivity contribution in [2.75, 3.05) is 27.3 Å². The third-order valence-electron chi connectivity index (χ3n) is 2.84. The highest BCUT2D eigenvalue weighted by molar-refractivity contribution is 6.32. The molecule has 0 spiro atoms. The molecule has 0 heterocycles. The van der Waals surface area contributed by atoms with E-state index in [0.29, 0.717) is 35.2 Å². The van der Waals surface area contributed by atoms with E-state index < -0.39 is 0 Å². The number of hydrogen-bond donors (Lipinski definition) is 2. The van der Waals surface area contributed by atoms with E-state index in [4.69, 9.17) is 21.1 Å². The van der Waals surface area contributed by atoms with E-state index in [2.05, 4.69) is 10.6 Å². The molecule has 2 N–H and O–H groups in total. The molecule has 1 atom stereocenters. The topological polar surface area (TPSA) is 59.6 Å². The van der Waals surface area contributed by atoms with Gasteiger partial charge in [0.25, 0.3) is 5.91 Å². The zero-order valence-corrected chi connectivity index (χ0v) is 14.2. The van der Waals surface area contributed by atoms with Gasteiger partial charge in [0.15, 0.2) is 11.5 Å². The van der Waals surface area contributed by atoms with E-state index in [0.717, 1.165) is 0 Å². The Morgan fingerprint density at radius 3 is 2.62 bits per heavy atom. The molecule has 1 rings (SSSR count). The molecule has 0 saturated carbocycles. The summed E-state index contributed by atoms with van der Waals surface area (Å²) in [7, 11) is 3.35. The normalized spacial score (nSPS) is 11.3. The number of hydrogen-bond acceptors (Lipinski definition) is 4. The SMILES string of the molecule is CCOc1c(Cl)cc(C(=O)NCC(C)NC)cc1OC.Cl. The predicted octanol–water partition coefficient (Wildman–Crippen LogP) is 2.51. The van der Waals surface area contributed by atoms with Gasteiger partial charge in [0.1, 0.15) is 0 Å². The summed E-state index contributed by atoms with van der Waals surface area (Å²) in [5.41, 5.74) is 0.443. The molecule has 21 heavy (non-hydrogen) atoms. The Hall–Kier alpha value is -1.17. The van der Waals surface area contributed by atoms with Crippen LogP contribution in [0, 0.1) is 0 Å². The highest BCUT2D eigenvalue weighted by Gasteiger charge is 2.15. The first-order valence-corrected chi connectivity index (χ1v) is 6.87. The third-order valence-corrected chi connectivity index (χ3v) is 3.12. The molecule has 0 fully saturated rings. The van der Waals surface area contributed by atoms with Gasteiger partial charge in [-0.3, -0.25) is 4.79 Å². The minimum absolute atomic E-state index is 0. The zero-order valence-electron chi connectivity index (χ0n) is 12.7. The molecule has 0 saturated heterocycles. The maximum atomic E-state index is 12.1. The Bertz CT molecular complexity index is 470. The van der Waals surface area contributed by atoms with Crippen molar-refractivity contribution in [3.8, 4) is 11.5 Å². The third kappa shape index (κ3) is 5.61. The van der Waals surface area contributed by atoms with Crippen molar-refractivity contribution in [1.29, 1.82) is 0 Å². The molecule has 0 aromatic heterocycles. The summed E-state index contributed by atoms with van der Waals surface area (Å²) >= 11 is 6.13. The van der Waals surface area contributed by atoms with Crippen LogP contribution in [0.2, 0.25) is 5.02 Å². The number of nitrogens with one attached hydrogen (secondary N) is 2. The van der Waals surface area contributed by atoms with Gasteiger partial charge in [0.2, 0.25) is 0 Å². The summed E-state index contributed by atoms with van der Waals surface area (Å²) < 4.78 is 10.6. The van der Waals surface area contributed by atoms with Crippen LogP contribution in [-0.4, -0.2) is 39.3 Å². The van der Waals surface area contributed by atoms with Crippen LogP contribution in [0.5, 0.6) is 11.5 Å². The monoisotopic (exact) mass is 336 g/mol. The molecule has 5 nitrogen and oxygen atoms in total. The lowest BCUT2D eigenvalue weighted by molar-refractivity contribution is 0.0950. The van der Waals surface area contributed by atoms with Gasteiger partial charge in [-0.25, -0.2) is 0 Å². The summed E-state index contributed by atoms with van der Waals surface area (Å²) in [6, 6.07) is 3.39. The number of ether oxygens (including phenoxy) is 2. The Kier molecular flexibility index (Phi) is 9.17. The second-order valence-corrected chi connectivity index (χ2v) is 4.73. The number of halogens is 2. The molecular formula is C14H22Cl2N2O3. The number of likely N-dealkylation sites (N-methyl/N-ethyl adjacent to an activating group) is 1. The first-order chi connectivity index (χ1) is 9.53. The van der Waals surface area contributed by atoms with E-state index in [1.807, 2.05) is 20.9 Å². The number of benzene rings is 1. The highest BCUT2D eigenvalue weighted by atomic mass is 35.5. The average molecular weight is 337 g/mol. The van der Waals surface area contributed by atoms with Crippen molar-refractivity contribution in [3.05, 3.63) is 22.7 Å². The standard InChI is InChI=1S/C14H21ClN2O3.ClH/c1-5-20-13-11(15)6-10(7-12(13)19-4)14(18)17-8-9(2)16-3;/h6-7,9,16H,5,8H2,1-4H3,(H,17,18);1H. The molecule has 0 aliphatic heterocycles. The molecule has 7 heteroatoms. The second kappa shape index (κ2) is 9.71. The molecule has 0 radical (unpaired) electrons. The number of rotatable bonds is 7. The van der Waals surface area contributed by atoms with E-state index in [-0.39, 0.29) is 24.4 Å². The lowest BCUT2D eigenvalue weighted by Gasteiger charge is -2.14. The van der Waals surface area contributed by atoms with Gasteiger partial charge >= 0.3 is 0 Å². The quantitative estimate of drug-likeness (QED) is 0.803. The average Bonchev–Trinajstić information content (AvgIpc) is 2.46. The lowest BCUT2D eigenvalue weighted by Crippen LogP contribution is -2.37. The van der Waals surface area contributed by atoms with Crippen molar-refractivity contribution in [2.45, 2.75) is 19.9 Å².